The van der Waals surface area contributed by atoms with Crippen molar-refractivity contribution >= 4 is 24.8 Å². The summed E-state index contributed by atoms with van der Waals surface area (Å²) in [5.74, 6) is 0. The van der Waals surface area contributed by atoms with E-state index in [9.17, 15) is 13.2 Å². The predicted molar refractivity (Wildman–Crippen MR) is 98.9 cm³/mol. The average Bonchev–Trinajstić information content (AvgIpc) is 2.51. The number of hydrogen-bond donors (Lipinski definition) is 0. The average molecular weight is 375 g/mol. The van der Waals surface area contributed by atoms with Crippen LogP contribution in [0.25, 0.3) is 0 Å². The van der Waals surface area contributed by atoms with E-state index in [0.717, 1.165) is 12.8 Å². The van der Waals surface area contributed by atoms with Gasteiger partial charge in [0.2, 0.25) is 0 Å². The molecule has 0 aromatic carbocycles. The minimum absolute atomic E-state index is 0. The number of rotatable bonds is 15. The summed E-state index contributed by atoms with van der Waals surface area (Å²) in [5, 5.41) is -0.608. The molecule has 0 saturated carbocycles. The molecule has 0 N–H and O–H groups in total. The first-order valence-electron chi connectivity index (χ1n) is 8.88. The van der Waals surface area contributed by atoms with E-state index < -0.39 is 14.0 Å². The van der Waals surface area contributed by atoms with E-state index in [2.05, 4.69) is 6.92 Å². The first-order chi connectivity index (χ1) is 10.5. The van der Waals surface area contributed by atoms with Crippen molar-refractivity contribution in [2.24, 2.45) is 0 Å². The maximum absolute atomic E-state index is 11.4. The van der Waals surface area contributed by atoms with Crippen molar-refractivity contribution in [3.8, 4) is 0 Å². The molecule has 0 aliphatic carbocycles. The third kappa shape index (κ3) is 16.2. The van der Waals surface area contributed by atoms with Crippen LogP contribution in [0.2, 0.25) is 0 Å². The summed E-state index contributed by atoms with van der Waals surface area (Å²) in [6.07, 6.45) is 17.8. The molecule has 0 unspecified atom stereocenters. The maximum atomic E-state index is 11.4. The molecule has 0 heterocycles. The van der Waals surface area contributed by atoms with Gasteiger partial charge < -0.3 is 1.43 Å². The molecule has 0 rings (SSSR count). The van der Waals surface area contributed by atoms with Gasteiger partial charge in [0.25, 0.3) is 14.0 Å². The predicted octanol–water partition coefficient (Wildman–Crippen LogP) is 2.80. The second-order valence-corrected chi connectivity index (χ2v) is 10.00. The van der Waals surface area contributed by atoms with E-state index in [1.165, 1.54) is 70.5 Å². The van der Waals surface area contributed by atoms with Crippen molar-refractivity contribution in [3.63, 3.8) is 0 Å². The van der Waals surface area contributed by atoms with Crippen LogP contribution < -0.4 is 29.6 Å². The van der Waals surface area contributed by atoms with Crippen LogP contribution in [-0.2, 0) is 13.7 Å². The van der Waals surface area contributed by atoms with Gasteiger partial charge >= 0.3 is 29.6 Å². The first kappa shape index (κ1) is 26.2. The molecule has 0 bridgehead atoms. The Morgan fingerprint density at radius 1 is 0.783 bits per heavy atom. The molecule has 0 saturated heterocycles. The molecule has 0 aliphatic rings. The molecule has 0 atom stereocenters. The monoisotopic (exact) mass is 374 g/mol. The van der Waals surface area contributed by atoms with Crippen LogP contribution in [0.4, 0.5) is 0 Å². The molecule has 0 aliphatic heterocycles. The van der Waals surface area contributed by atoms with E-state index in [0.29, 0.717) is 17.2 Å². The third-order valence-corrected chi connectivity index (χ3v) is 7.06. The Balaban J connectivity index is -0.00000220. The van der Waals surface area contributed by atoms with E-state index in [1.54, 1.807) is 0 Å². The van der Waals surface area contributed by atoms with Crippen molar-refractivity contribution in [2.75, 3.05) is 6.26 Å². The molecule has 6 heteroatoms. The van der Waals surface area contributed by atoms with Crippen molar-refractivity contribution in [2.45, 2.75) is 96.8 Å². The molecule has 0 amide bonds. The summed E-state index contributed by atoms with van der Waals surface area (Å²) in [5.41, 5.74) is 0. The molecule has 23 heavy (non-hydrogen) atoms. The first-order valence-corrected chi connectivity index (χ1v) is 12.1. The number of hydrogen-bond acceptors (Lipinski definition) is 4. The van der Waals surface area contributed by atoms with Gasteiger partial charge in [-0.1, -0.05) is 84.0 Å². The minimum Gasteiger partial charge on any atom is -1.00 e. The minimum atomic E-state index is -3.54. The van der Waals surface area contributed by atoms with Crippen LogP contribution in [0.5, 0.6) is 0 Å². The van der Waals surface area contributed by atoms with E-state index in [-0.39, 0.29) is 37.4 Å². The largest absolute Gasteiger partial charge is 1.00 e. The fourth-order valence-corrected chi connectivity index (χ4v) is 3.89. The summed E-state index contributed by atoms with van der Waals surface area (Å²) in [6, 6.07) is 0. The smallest absolute Gasteiger partial charge is 1.00 e. The number of unbranched alkanes of at least 4 members (excludes halogenated alkanes) is 12. The van der Waals surface area contributed by atoms with Crippen LogP contribution >= 0.6 is 10.8 Å². The Bertz CT molecular complexity index is 376. The van der Waals surface area contributed by atoms with E-state index >= 15 is 0 Å². The molecule has 0 aromatic heterocycles. The Labute approximate surface area is 171 Å². The SMILES string of the molecule is CCCCCCCCCCCCCCCC(=O)S(=O)(=O)SC.[H-].[Na+]. The van der Waals surface area contributed by atoms with Crippen molar-refractivity contribution < 1.29 is 44.2 Å². The summed E-state index contributed by atoms with van der Waals surface area (Å²) in [4.78, 5) is 11.4. The van der Waals surface area contributed by atoms with Crippen LogP contribution in [0.15, 0.2) is 0 Å². The zero-order valence-corrected chi connectivity index (χ0v) is 19.1. The van der Waals surface area contributed by atoms with Crippen LogP contribution in [0.3, 0.4) is 0 Å². The number of carbonyl (C=O) groups excluding carboxylic acids is 1. The quantitative estimate of drug-likeness (QED) is 0.251. The summed E-state index contributed by atoms with van der Waals surface area (Å²) in [6.45, 7) is 2.25. The second-order valence-electron chi connectivity index (χ2n) is 5.99. The molecule has 0 aromatic rings. The molecular formula is C17H35NaO3S2. The molecule has 0 radical (unpaired) electrons. The van der Waals surface area contributed by atoms with Gasteiger partial charge in [-0.2, -0.15) is 0 Å². The summed E-state index contributed by atoms with van der Waals surface area (Å²) in [7, 11) is -2.89. The van der Waals surface area contributed by atoms with Gasteiger partial charge in [0.15, 0.2) is 0 Å². The Morgan fingerprint density at radius 2 is 1.13 bits per heavy atom. The molecule has 0 fully saturated rings. The summed E-state index contributed by atoms with van der Waals surface area (Å²) < 4.78 is 22.5. The fourth-order valence-electron chi connectivity index (χ4n) is 2.51. The standard InChI is InChI=1S/C17H34O3S2.Na.H/c1-3-4-5-6-7-8-9-10-11-12-13-14-15-16-17(18)22(19,20)21-2;;/h3-16H2,1-2H3;;/q;+1;-1. The fraction of sp³-hybridized carbons (Fsp3) is 0.941. The van der Waals surface area contributed by atoms with Gasteiger partial charge in [0.05, 0.1) is 0 Å². The molecule has 0 spiro atoms. The van der Waals surface area contributed by atoms with Gasteiger partial charge in [-0.05, 0) is 23.5 Å². The Hall–Kier alpha value is 0.970. The Kier molecular flexibility index (Phi) is 20.3. The second kappa shape index (κ2) is 17.8. The maximum Gasteiger partial charge on any atom is 1.00 e. The van der Waals surface area contributed by atoms with Gasteiger partial charge in [-0.3, -0.25) is 4.79 Å². The normalized spacial score (nSPS) is 11.2. The van der Waals surface area contributed by atoms with Gasteiger partial charge in [-0.15, -0.1) is 0 Å². The molecular weight excluding hydrogens is 339 g/mol. The van der Waals surface area contributed by atoms with Crippen molar-refractivity contribution in [3.05, 3.63) is 0 Å². The van der Waals surface area contributed by atoms with Gasteiger partial charge in [0, 0.05) is 6.42 Å². The molecule has 3 nitrogen and oxygen atoms in total. The van der Waals surface area contributed by atoms with Crippen molar-refractivity contribution in [1.82, 2.24) is 0 Å². The zero-order chi connectivity index (χ0) is 16.7. The van der Waals surface area contributed by atoms with Crippen LogP contribution in [0.1, 0.15) is 98.2 Å². The number of carbonyl (C=O) groups is 1. The van der Waals surface area contributed by atoms with Crippen LogP contribution in [0, 0.1) is 0 Å². The van der Waals surface area contributed by atoms with Crippen molar-refractivity contribution in [1.29, 1.82) is 0 Å². The topological polar surface area (TPSA) is 51.2 Å². The van der Waals surface area contributed by atoms with Gasteiger partial charge in [0.1, 0.15) is 0 Å². The molecule has 134 valence electrons. The zero-order valence-electron chi connectivity index (χ0n) is 16.4. The van der Waals surface area contributed by atoms with Gasteiger partial charge in [-0.25, -0.2) is 8.42 Å². The summed E-state index contributed by atoms with van der Waals surface area (Å²) >= 11 is 0. The van der Waals surface area contributed by atoms with E-state index in [4.69, 9.17) is 0 Å². The van der Waals surface area contributed by atoms with E-state index in [1.807, 2.05) is 0 Å². The Morgan fingerprint density at radius 3 is 1.48 bits per heavy atom. The third-order valence-electron chi connectivity index (χ3n) is 3.98. The van der Waals surface area contributed by atoms with Crippen LogP contribution in [-0.4, -0.2) is 19.8 Å².